The van der Waals surface area contributed by atoms with Crippen LogP contribution in [0.4, 0.5) is 0 Å². The SMILES string of the molecule is Cl.O=C(C1CCCN(CCC2CCOC2)C1)N1CCNCC1. The minimum Gasteiger partial charge on any atom is -0.381 e. The molecule has 0 aromatic heterocycles. The Morgan fingerprint density at radius 3 is 2.73 bits per heavy atom. The summed E-state index contributed by atoms with van der Waals surface area (Å²) < 4.78 is 5.45. The number of piperidine rings is 1. The maximum absolute atomic E-state index is 12.6. The van der Waals surface area contributed by atoms with E-state index < -0.39 is 0 Å². The molecule has 0 radical (unpaired) electrons. The van der Waals surface area contributed by atoms with Gasteiger partial charge in [-0.25, -0.2) is 0 Å². The van der Waals surface area contributed by atoms with Crippen molar-refractivity contribution < 1.29 is 9.53 Å². The van der Waals surface area contributed by atoms with Crippen LogP contribution in [-0.4, -0.2) is 74.7 Å². The first-order valence-corrected chi connectivity index (χ1v) is 8.62. The third-order valence-corrected chi connectivity index (χ3v) is 5.16. The molecule has 2 atom stereocenters. The lowest BCUT2D eigenvalue weighted by Crippen LogP contribution is -2.51. The van der Waals surface area contributed by atoms with Crippen LogP contribution < -0.4 is 5.32 Å². The van der Waals surface area contributed by atoms with Crippen LogP contribution in [0.1, 0.15) is 25.7 Å². The molecule has 5 nitrogen and oxygen atoms in total. The van der Waals surface area contributed by atoms with Crippen molar-refractivity contribution in [2.75, 3.05) is 59.0 Å². The number of carbonyl (C=O) groups excluding carboxylic acids is 1. The average molecular weight is 332 g/mol. The molecule has 3 heterocycles. The molecule has 3 saturated heterocycles. The predicted octanol–water partition coefficient (Wildman–Crippen LogP) is 0.979. The second kappa shape index (κ2) is 9.06. The summed E-state index contributed by atoms with van der Waals surface area (Å²) in [6, 6.07) is 0. The minimum atomic E-state index is 0. The zero-order valence-electron chi connectivity index (χ0n) is 13.5. The summed E-state index contributed by atoms with van der Waals surface area (Å²) in [6.07, 6.45) is 4.70. The van der Waals surface area contributed by atoms with Gasteiger partial charge >= 0.3 is 0 Å². The van der Waals surface area contributed by atoms with Gasteiger partial charge in [-0.2, -0.15) is 0 Å². The van der Waals surface area contributed by atoms with E-state index in [0.717, 1.165) is 64.8 Å². The second-order valence-electron chi connectivity index (χ2n) is 6.73. The average Bonchev–Trinajstić information content (AvgIpc) is 3.07. The largest absolute Gasteiger partial charge is 0.381 e. The van der Waals surface area contributed by atoms with E-state index in [-0.39, 0.29) is 18.3 Å². The summed E-state index contributed by atoms with van der Waals surface area (Å²) in [5.41, 5.74) is 0. The van der Waals surface area contributed by atoms with Crippen molar-refractivity contribution in [3.05, 3.63) is 0 Å². The fourth-order valence-corrected chi connectivity index (χ4v) is 3.78. The quantitative estimate of drug-likeness (QED) is 0.834. The number of ether oxygens (including phenoxy) is 1. The number of nitrogens with one attached hydrogen (secondary N) is 1. The topological polar surface area (TPSA) is 44.8 Å². The Morgan fingerprint density at radius 1 is 1.18 bits per heavy atom. The highest BCUT2D eigenvalue weighted by Gasteiger charge is 2.30. The molecule has 0 aliphatic carbocycles. The normalized spacial score (nSPS) is 30.1. The Bertz CT molecular complexity index is 344. The maximum atomic E-state index is 12.6. The molecule has 0 spiro atoms. The Morgan fingerprint density at radius 2 is 2.00 bits per heavy atom. The van der Waals surface area contributed by atoms with Crippen LogP contribution in [0.25, 0.3) is 0 Å². The van der Waals surface area contributed by atoms with Gasteiger partial charge in [0.15, 0.2) is 0 Å². The Kier molecular flexibility index (Phi) is 7.41. The van der Waals surface area contributed by atoms with Crippen molar-refractivity contribution in [3.8, 4) is 0 Å². The third-order valence-electron chi connectivity index (χ3n) is 5.16. The molecule has 3 aliphatic rings. The smallest absolute Gasteiger partial charge is 0.227 e. The fourth-order valence-electron chi connectivity index (χ4n) is 3.78. The number of hydrogen-bond acceptors (Lipinski definition) is 4. The standard InChI is InChI=1S/C16H29N3O2.ClH/c20-16(19-9-5-17-6-10-19)15-2-1-7-18(12-15)8-3-14-4-11-21-13-14;/h14-15,17H,1-13H2;1H. The monoisotopic (exact) mass is 331 g/mol. The predicted molar refractivity (Wildman–Crippen MR) is 89.4 cm³/mol. The van der Waals surface area contributed by atoms with Gasteiger partial charge in [-0.05, 0) is 44.7 Å². The van der Waals surface area contributed by atoms with E-state index in [2.05, 4.69) is 15.1 Å². The van der Waals surface area contributed by atoms with Crippen LogP contribution in [0.15, 0.2) is 0 Å². The van der Waals surface area contributed by atoms with E-state index >= 15 is 0 Å². The van der Waals surface area contributed by atoms with Crippen LogP contribution in [0.3, 0.4) is 0 Å². The summed E-state index contributed by atoms with van der Waals surface area (Å²) in [4.78, 5) is 17.2. The highest BCUT2D eigenvalue weighted by molar-refractivity contribution is 5.85. The van der Waals surface area contributed by atoms with Gasteiger partial charge in [0.05, 0.1) is 5.92 Å². The van der Waals surface area contributed by atoms with E-state index in [1.807, 2.05) is 0 Å². The molecule has 3 fully saturated rings. The number of halogens is 1. The first-order valence-electron chi connectivity index (χ1n) is 8.62. The minimum absolute atomic E-state index is 0. The first kappa shape index (κ1) is 18.0. The molecule has 128 valence electrons. The number of nitrogens with zero attached hydrogens (tertiary/aromatic N) is 2. The van der Waals surface area contributed by atoms with Crippen molar-refractivity contribution in [2.45, 2.75) is 25.7 Å². The van der Waals surface area contributed by atoms with Crippen molar-refractivity contribution in [3.63, 3.8) is 0 Å². The van der Waals surface area contributed by atoms with Gasteiger partial charge in [0.1, 0.15) is 0 Å². The molecule has 3 rings (SSSR count). The van der Waals surface area contributed by atoms with E-state index in [9.17, 15) is 4.79 Å². The Labute approximate surface area is 140 Å². The zero-order valence-corrected chi connectivity index (χ0v) is 14.3. The van der Waals surface area contributed by atoms with Crippen LogP contribution in [0.2, 0.25) is 0 Å². The van der Waals surface area contributed by atoms with Gasteiger partial charge < -0.3 is 19.9 Å². The van der Waals surface area contributed by atoms with Gasteiger partial charge in [0.25, 0.3) is 0 Å². The van der Waals surface area contributed by atoms with Crippen molar-refractivity contribution in [2.24, 2.45) is 11.8 Å². The van der Waals surface area contributed by atoms with Gasteiger partial charge in [0.2, 0.25) is 5.91 Å². The molecule has 22 heavy (non-hydrogen) atoms. The molecular formula is C16H30ClN3O2. The summed E-state index contributed by atoms with van der Waals surface area (Å²) in [5.74, 6) is 1.37. The molecule has 0 aromatic carbocycles. The van der Waals surface area contributed by atoms with E-state index in [1.54, 1.807) is 0 Å². The van der Waals surface area contributed by atoms with E-state index in [1.165, 1.54) is 25.8 Å². The summed E-state index contributed by atoms with van der Waals surface area (Å²) >= 11 is 0. The number of likely N-dealkylation sites (tertiary alicyclic amines) is 1. The second-order valence-corrected chi connectivity index (χ2v) is 6.73. The number of hydrogen-bond donors (Lipinski definition) is 1. The lowest BCUT2D eigenvalue weighted by atomic mass is 9.95. The number of amides is 1. The number of carbonyl (C=O) groups is 1. The van der Waals surface area contributed by atoms with Crippen LogP contribution >= 0.6 is 12.4 Å². The van der Waals surface area contributed by atoms with Crippen molar-refractivity contribution >= 4 is 18.3 Å². The van der Waals surface area contributed by atoms with E-state index in [0.29, 0.717) is 5.91 Å². The molecule has 3 aliphatic heterocycles. The molecule has 2 unspecified atom stereocenters. The first-order chi connectivity index (χ1) is 10.3. The van der Waals surface area contributed by atoms with Gasteiger partial charge in [-0.1, -0.05) is 0 Å². The molecular weight excluding hydrogens is 302 g/mol. The van der Waals surface area contributed by atoms with Crippen LogP contribution in [0, 0.1) is 11.8 Å². The van der Waals surface area contributed by atoms with Crippen molar-refractivity contribution in [1.29, 1.82) is 0 Å². The molecule has 0 bridgehead atoms. The van der Waals surface area contributed by atoms with Crippen LogP contribution in [-0.2, 0) is 9.53 Å². The molecule has 6 heteroatoms. The number of piperazine rings is 1. The lowest BCUT2D eigenvalue weighted by Gasteiger charge is -2.36. The van der Waals surface area contributed by atoms with Gasteiger partial charge in [-0.15, -0.1) is 12.4 Å². The lowest BCUT2D eigenvalue weighted by molar-refractivity contribution is -0.138. The number of rotatable bonds is 4. The zero-order chi connectivity index (χ0) is 14.5. The summed E-state index contributed by atoms with van der Waals surface area (Å²) in [7, 11) is 0. The van der Waals surface area contributed by atoms with Gasteiger partial charge in [-0.3, -0.25) is 4.79 Å². The Balaban J connectivity index is 0.00000176. The highest BCUT2D eigenvalue weighted by atomic mass is 35.5. The summed E-state index contributed by atoms with van der Waals surface area (Å²) in [5, 5.41) is 3.32. The Hall–Kier alpha value is -0.360. The molecule has 1 amide bonds. The molecule has 0 aromatic rings. The third kappa shape index (κ3) is 4.82. The fraction of sp³-hybridized carbons (Fsp3) is 0.938. The van der Waals surface area contributed by atoms with Crippen LogP contribution in [0.5, 0.6) is 0 Å². The maximum Gasteiger partial charge on any atom is 0.227 e. The van der Waals surface area contributed by atoms with E-state index in [4.69, 9.17) is 4.74 Å². The van der Waals surface area contributed by atoms with Gasteiger partial charge in [0, 0.05) is 45.9 Å². The highest BCUT2D eigenvalue weighted by Crippen LogP contribution is 2.22. The summed E-state index contributed by atoms with van der Waals surface area (Å²) in [6.45, 7) is 8.82. The molecule has 0 saturated carbocycles. The molecule has 1 N–H and O–H groups in total. The van der Waals surface area contributed by atoms with Crippen molar-refractivity contribution in [1.82, 2.24) is 15.1 Å².